The number of nitriles is 1. The molecule has 0 bridgehead atoms. The molecule has 0 heterocycles. The number of nitrogens with one attached hydrogen (secondary N) is 1. The molecule has 2 aromatic rings. The van der Waals surface area contributed by atoms with E-state index in [4.69, 9.17) is 40.1 Å². The minimum atomic E-state index is -0.578. The van der Waals surface area contributed by atoms with Gasteiger partial charge in [0.15, 0.2) is 0 Å². The second-order valence-electron chi connectivity index (χ2n) is 4.12. The number of rotatable bonds is 4. The summed E-state index contributed by atoms with van der Waals surface area (Å²) in [6.45, 7) is 0. The number of anilines is 1. The number of benzene rings is 2. The molecule has 4 nitrogen and oxygen atoms in total. The average Bonchev–Trinajstić information content (AvgIpc) is 2.50. The Morgan fingerprint density at radius 2 is 1.82 bits per heavy atom. The molecule has 7 heteroatoms. The first kappa shape index (κ1) is 16.3. The SMILES string of the molecule is N#C/C(=N/Nc1ccc(Cl)cc1Cl)C(=O)c1ccccc1Cl. The van der Waals surface area contributed by atoms with Crippen LogP contribution in [0.1, 0.15) is 10.4 Å². The van der Waals surface area contributed by atoms with Crippen LogP contribution in [0.5, 0.6) is 0 Å². The molecule has 0 saturated heterocycles. The van der Waals surface area contributed by atoms with Gasteiger partial charge in [-0.1, -0.05) is 46.9 Å². The van der Waals surface area contributed by atoms with Gasteiger partial charge in [0.05, 0.1) is 15.7 Å². The van der Waals surface area contributed by atoms with E-state index in [2.05, 4.69) is 10.5 Å². The van der Waals surface area contributed by atoms with E-state index >= 15 is 0 Å². The van der Waals surface area contributed by atoms with E-state index in [0.29, 0.717) is 15.7 Å². The molecule has 0 atom stereocenters. The van der Waals surface area contributed by atoms with Crippen molar-refractivity contribution in [1.29, 1.82) is 5.26 Å². The number of ketones is 1. The third-order valence-electron chi connectivity index (χ3n) is 2.66. The van der Waals surface area contributed by atoms with Gasteiger partial charge < -0.3 is 0 Å². The minimum absolute atomic E-state index is 0.202. The normalized spacial score (nSPS) is 10.9. The molecule has 2 rings (SSSR count). The maximum Gasteiger partial charge on any atom is 0.225 e. The fourth-order valence-corrected chi connectivity index (χ4v) is 2.27. The van der Waals surface area contributed by atoms with Gasteiger partial charge in [0.1, 0.15) is 6.07 Å². The van der Waals surface area contributed by atoms with Crippen LogP contribution in [0.2, 0.25) is 15.1 Å². The van der Waals surface area contributed by atoms with Gasteiger partial charge in [0, 0.05) is 10.6 Å². The summed E-state index contributed by atoms with van der Waals surface area (Å²) < 4.78 is 0. The molecule has 0 amide bonds. The van der Waals surface area contributed by atoms with Crippen LogP contribution >= 0.6 is 34.8 Å². The van der Waals surface area contributed by atoms with Crippen molar-refractivity contribution in [2.24, 2.45) is 5.10 Å². The van der Waals surface area contributed by atoms with Crippen LogP contribution < -0.4 is 5.43 Å². The Kier molecular flexibility index (Phi) is 5.40. The maximum absolute atomic E-state index is 12.2. The fourth-order valence-electron chi connectivity index (χ4n) is 1.60. The average molecular weight is 353 g/mol. The molecule has 0 saturated carbocycles. The summed E-state index contributed by atoms with van der Waals surface area (Å²) in [5, 5.41) is 13.9. The second kappa shape index (κ2) is 7.28. The fraction of sp³-hybridized carbons (Fsp3) is 0. The van der Waals surface area contributed by atoms with Gasteiger partial charge in [0.2, 0.25) is 11.5 Å². The van der Waals surface area contributed by atoms with Gasteiger partial charge in [-0.2, -0.15) is 10.4 Å². The van der Waals surface area contributed by atoms with Gasteiger partial charge in [-0.3, -0.25) is 10.2 Å². The van der Waals surface area contributed by atoms with Crippen molar-refractivity contribution >= 4 is 52.0 Å². The Morgan fingerprint density at radius 3 is 2.45 bits per heavy atom. The third-order valence-corrected chi connectivity index (χ3v) is 3.54. The van der Waals surface area contributed by atoms with Gasteiger partial charge >= 0.3 is 0 Å². The van der Waals surface area contributed by atoms with E-state index in [9.17, 15) is 4.79 Å². The highest BCUT2D eigenvalue weighted by molar-refractivity contribution is 6.53. The number of hydrazone groups is 1. The smallest absolute Gasteiger partial charge is 0.225 e. The van der Waals surface area contributed by atoms with Gasteiger partial charge in [-0.05, 0) is 30.3 Å². The lowest BCUT2D eigenvalue weighted by molar-refractivity contribution is 0.106. The molecule has 1 N–H and O–H groups in total. The summed E-state index contributed by atoms with van der Waals surface area (Å²) in [6.07, 6.45) is 0. The number of nitrogens with zero attached hydrogens (tertiary/aromatic N) is 2. The number of halogens is 3. The topological polar surface area (TPSA) is 65.2 Å². The molecule has 0 aliphatic heterocycles. The molecule has 0 aliphatic rings. The largest absolute Gasteiger partial charge is 0.286 e. The van der Waals surface area contributed by atoms with Crippen molar-refractivity contribution in [1.82, 2.24) is 0 Å². The molecule has 2 aromatic carbocycles. The Bertz CT molecular complexity index is 797. The lowest BCUT2D eigenvalue weighted by Gasteiger charge is -2.05. The molecular weight excluding hydrogens is 345 g/mol. The predicted octanol–water partition coefficient (Wildman–Crippen LogP) is 4.82. The highest BCUT2D eigenvalue weighted by atomic mass is 35.5. The predicted molar refractivity (Wildman–Crippen MR) is 88.9 cm³/mol. The Morgan fingerprint density at radius 1 is 1.09 bits per heavy atom. The monoisotopic (exact) mass is 351 g/mol. The van der Waals surface area contributed by atoms with E-state index in [1.165, 1.54) is 12.1 Å². The van der Waals surface area contributed by atoms with E-state index < -0.39 is 5.78 Å². The van der Waals surface area contributed by atoms with Crippen LogP contribution in [0.4, 0.5) is 5.69 Å². The van der Waals surface area contributed by atoms with Crippen molar-refractivity contribution in [2.75, 3.05) is 5.43 Å². The van der Waals surface area contributed by atoms with Gasteiger partial charge in [0.25, 0.3) is 0 Å². The van der Waals surface area contributed by atoms with E-state index in [1.54, 1.807) is 36.4 Å². The zero-order chi connectivity index (χ0) is 16.1. The first-order valence-electron chi connectivity index (χ1n) is 6.01. The molecule has 22 heavy (non-hydrogen) atoms. The first-order valence-corrected chi connectivity index (χ1v) is 7.14. The van der Waals surface area contributed by atoms with E-state index in [0.717, 1.165) is 0 Å². The molecule has 0 spiro atoms. The third kappa shape index (κ3) is 3.77. The quantitative estimate of drug-likeness (QED) is 0.487. The number of hydrogen-bond acceptors (Lipinski definition) is 4. The van der Waals surface area contributed by atoms with E-state index in [-0.39, 0.29) is 16.3 Å². The van der Waals surface area contributed by atoms with Crippen LogP contribution in [-0.2, 0) is 0 Å². The van der Waals surface area contributed by atoms with Gasteiger partial charge in [-0.15, -0.1) is 0 Å². The van der Waals surface area contributed by atoms with E-state index in [1.807, 2.05) is 0 Å². The van der Waals surface area contributed by atoms with Gasteiger partial charge in [-0.25, -0.2) is 0 Å². The molecule has 110 valence electrons. The zero-order valence-corrected chi connectivity index (χ0v) is 13.2. The van der Waals surface area contributed by atoms with Crippen LogP contribution in [0, 0.1) is 11.3 Å². The maximum atomic E-state index is 12.2. The molecule has 0 radical (unpaired) electrons. The standard InChI is InChI=1S/C15H8Cl3N3O/c16-9-5-6-13(12(18)7-9)20-21-14(8-19)15(22)10-3-1-2-4-11(10)17/h1-7,20H/b21-14-. The molecule has 0 fully saturated rings. The van der Waals surface area contributed by atoms with Crippen molar-refractivity contribution in [2.45, 2.75) is 0 Å². The summed E-state index contributed by atoms with van der Waals surface area (Å²) in [6, 6.07) is 12.9. The molecule has 0 aliphatic carbocycles. The lowest BCUT2D eigenvalue weighted by Crippen LogP contribution is -2.14. The first-order chi connectivity index (χ1) is 10.5. The van der Waals surface area contributed by atoms with Crippen molar-refractivity contribution < 1.29 is 4.79 Å². The summed E-state index contributed by atoms with van der Waals surface area (Å²) in [5.74, 6) is -0.578. The van der Waals surface area contributed by atoms with Crippen LogP contribution in [0.15, 0.2) is 47.6 Å². The van der Waals surface area contributed by atoms with Crippen LogP contribution in [0.3, 0.4) is 0 Å². The van der Waals surface area contributed by atoms with Crippen LogP contribution in [0.25, 0.3) is 0 Å². The minimum Gasteiger partial charge on any atom is -0.286 e. The number of carbonyl (C=O) groups is 1. The zero-order valence-electron chi connectivity index (χ0n) is 11.0. The number of hydrogen-bond donors (Lipinski definition) is 1. The number of Topliss-reactive ketones (excluding diaryl/α,β-unsaturated/α-hetero) is 1. The Balaban J connectivity index is 2.27. The van der Waals surface area contributed by atoms with Crippen molar-refractivity contribution in [3.8, 4) is 6.07 Å². The number of carbonyl (C=O) groups excluding carboxylic acids is 1. The Labute approximate surface area is 141 Å². The highest BCUT2D eigenvalue weighted by Gasteiger charge is 2.16. The van der Waals surface area contributed by atoms with Crippen LogP contribution in [-0.4, -0.2) is 11.5 Å². The summed E-state index contributed by atoms with van der Waals surface area (Å²) >= 11 is 17.7. The second-order valence-corrected chi connectivity index (χ2v) is 5.37. The molecular formula is C15H8Cl3N3O. The highest BCUT2D eigenvalue weighted by Crippen LogP contribution is 2.25. The summed E-state index contributed by atoms with van der Waals surface area (Å²) in [5.41, 5.74) is 2.86. The lowest BCUT2D eigenvalue weighted by atomic mass is 10.1. The summed E-state index contributed by atoms with van der Waals surface area (Å²) in [7, 11) is 0. The Hall–Kier alpha value is -2.06. The summed E-state index contributed by atoms with van der Waals surface area (Å²) in [4.78, 5) is 12.2. The van der Waals surface area contributed by atoms with Crippen molar-refractivity contribution in [3.05, 3.63) is 63.1 Å². The molecule has 0 unspecified atom stereocenters. The van der Waals surface area contributed by atoms with Crippen molar-refractivity contribution in [3.63, 3.8) is 0 Å². The molecule has 0 aromatic heterocycles.